The van der Waals surface area contributed by atoms with E-state index in [0.717, 1.165) is 17.4 Å². The first-order valence-corrected chi connectivity index (χ1v) is 9.86. The van der Waals surface area contributed by atoms with E-state index in [1.165, 1.54) is 12.1 Å². The number of aromatic nitrogens is 4. The highest BCUT2D eigenvalue weighted by Crippen LogP contribution is 2.22. The molecule has 0 spiro atoms. The van der Waals surface area contributed by atoms with E-state index in [-0.39, 0.29) is 17.8 Å². The second-order valence-corrected chi connectivity index (χ2v) is 7.33. The summed E-state index contributed by atoms with van der Waals surface area (Å²) in [6.07, 6.45) is 4.22. The minimum Gasteiger partial charge on any atom is -0.503 e. The van der Waals surface area contributed by atoms with Gasteiger partial charge >= 0.3 is 5.63 Å². The monoisotopic (exact) mass is 422 g/mol. The topological polar surface area (TPSA) is 112 Å². The summed E-state index contributed by atoms with van der Waals surface area (Å²) in [6, 6.07) is 8.18. The van der Waals surface area contributed by atoms with Gasteiger partial charge in [-0.05, 0) is 38.0 Å². The fourth-order valence-electron chi connectivity index (χ4n) is 3.37. The van der Waals surface area contributed by atoms with Crippen LogP contribution in [-0.2, 0) is 19.7 Å². The molecule has 9 nitrogen and oxygen atoms in total. The number of aromatic hydroxyl groups is 1. The van der Waals surface area contributed by atoms with Gasteiger partial charge in [0.05, 0.1) is 11.9 Å². The van der Waals surface area contributed by atoms with E-state index < -0.39 is 5.63 Å². The molecule has 0 aliphatic rings. The van der Waals surface area contributed by atoms with Crippen LogP contribution in [0.1, 0.15) is 23.4 Å². The molecule has 9 heteroatoms. The van der Waals surface area contributed by atoms with Gasteiger partial charge in [0.1, 0.15) is 23.6 Å². The van der Waals surface area contributed by atoms with Crippen LogP contribution < -0.4 is 15.8 Å². The summed E-state index contributed by atoms with van der Waals surface area (Å²) in [5.41, 5.74) is 1.78. The summed E-state index contributed by atoms with van der Waals surface area (Å²) in [6.45, 7) is 5.06. The first-order chi connectivity index (χ1) is 14.9. The molecule has 0 atom stereocenters. The molecule has 3 heterocycles. The Morgan fingerprint density at radius 3 is 2.81 bits per heavy atom. The van der Waals surface area contributed by atoms with Gasteiger partial charge in [-0.1, -0.05) is 5.21 Å². The smallest absolute Gasteiger partial charge is 0.336 e. The lowest BCUT2D eigenvalue weighted by Crippen LogP contribution is -2.11. The normalized spacial score (nSPS) is 11.2. The summed E-state index contributed by atoms with van der Waals surface area (Å²) in [4.78, 5) is 23.0. The molecule has 31 heavy (non-hydrogen) atoms. The van der Waals surface area contributed by atoms with Gasteiger partial charge < -0.3 is 18.8 Å². The second kappa shape index (κ2) is 8.47. The third kappa shape index (κ3) is 4.50. The molecule has 160 valence electrons. The average molecular weight is 422 g/mol. The molecular weight excluding hydrogens is 400 g/mol. The third-order valence-corrected chi connectivity index (χ3v) is 5.09. The van der Waals surface area contributed by atoms with Crippen LogP contribution in [0.4, 0.5) is 0 Å². The predicted octanol–water partition coefficient (Wildman–Crippen LogP) is 2.54. The number of ether oxygens (including phenoxy) is 1. The van der Waals surface area contributed by atoms with Crippen molar-refractivity contribution in [2.75, 3.05) is 0 Å². The van der Waals surface area contributed by atoms with Crippen LogP contribution in [0.3, 0.4) is 0 Å². The zero-order chi connectivity index (χ0) is 22.0. The van der Waals surface area contributed by atoms with E-state index in [1.54, 1.807) is 30.1 Å². The summed E-state index contributed by atoms with van der Waals surface area (Å²) in [5, 5.41) is 18.8. The van der Waals surface area contributed by atoms with E-state index in [1.807, 2.05) is 23.6 Å². The van der Waals surface area contributed by atoms with Gasteiger partial charge in [0, 0.05) is 42.9 Å². The first kappa shape index (κ1) is 20.4. The number of fused-ring (bicyclic) bond motifs is 1. The number of benzene rings is 1. The van der Waals surface area contributed by atoms with Crippen LogP contribution in [0.25, 0.3) is 11.0 Å². The molecule has 0 saturated carbocycles. The molecule has 3 aromatic heterocycles. The highest BCUT2D eigenvalue weighted by Gasteiger charge is 2.08. The zero-order valence-corrected chi connectivity index (χ0v) is 17.2. The average Bonchev–Trinajstić information content (AvgIpc) is 3.19. The minimum atomic E-state index is -0.391. The predicted molar refractivity (Wildman–Crippen MR) is 113 cm³/mol. The van der Waals surface area contributed by atoms with Crippen LogP contribution in [0.5, 0.6) is 11.5 Å². The number of rotatable bonds is 7. The molecule has 0 radical (unpaired) electrons. The van der Waals surface area contributed by atoms with Crippen LogP contribution >= 0.6 is 0 Å². The minimum absolute atomic E-state index is 0.217. The molecule has 0 amide bonds. The number of aryl methyl sites for hydroxylation is 3. The Morgan fingerprint density at radius 2 is 1.97 bits per heavy atom. The molecule has 0 aliphatic carbocycles. The van der Waals surface area contributed by atoms with Crippen molar-refractivity contribution in [1.29, 1.82) is 0 Å². The molecule has 0 fully saturated rings. The van der Waals surface area contributed by atoms with Crippen molar-refractivity contribution < 1.29 is 14.3 Å². The van der Waals surface area contributed by atoms with E-state index in [2.05, 4.69) is 10.3 Å². The fraction of sp³-hybridized carbons (Fsp3) is 0.273. The van der Waals surface area contributed by atoms with Crippen LogP contribution in [0.2, 0.25) is 0 Å². The number of pyridine rings is 1. The lowest BCUT2D eigenvalue weighted by atomic mass is 10.1. The maximum Gasteiger partial charge on any atom is 0.336 e. The van der Waals surface area contributed by atoms with Gasteiger partial charge in [-0.15, -0.1) is 5.10 Å². The van der Waals surface area contributed by atoms with Crippen molar-refractivity contribution in [3.05, 3.63) is 80.3 Å². The number of hydrogen-bond donors (Lipinski definition) is 1. The number of nitrogens with zero attached hydrogens (tertiary/aromatic N) is 4. The third-order valence-electron chi connectivity index (χ3n) is 5.09. The SMILES string of the molecule is Cc1cc(=O)oc2cc(OCc3cn(CCCn4ccc(=O)c(O)c4C)nn3)ccc12. The standard InChI is InChI=1S/C22H22N4O5/c1-14-10-21(28)31-20-11-17(4-5-18(14)20)30-13-16-12-26(24-23-16)8-3-7-25-9-6-19(27)22(29)15(25)2/h4-6,9-12,29H,3,7-8,13H2,1-2H3. The summed E-state index contributed by atoms with van der Waals surface area (Å²) in [5.74, 6) is 0.357. The van der Waals surface area contributed by atoms with Gasteiger partial charge in [0.15, 0.2) is 5.75 Å². The highest BCUT2D eigenvalue weighted by molar-refractivity contribution is 5.81. The van der Waals surface area contributed by atoms with Crippen molar-refractivity contribution in [3.63, 3.8) is 0 Å². The van der Waals surface area contributed by atoms with E-state index in [9.17, 15) is 14.7 Å². The van der Waals surface area contributed by atoms with Crippen LogP contribution in [0, 0.1) is 13.8 Å². The fourth-order valence-corrected chi connectivity index (χ4v) is 3.37. The highest BCUT2D eigenvalue weighted by atomic mass is 16.5. The van der Waals surface area contributed by atoms with E-state index in [4.69, 9.17) is 9.15 Å². The molecule has 0 saturated heterocycles. The second-order valence-electron chi connectivity index (χ2n) is 7.33. The van der Waals surface area contributed by atoms with Gasteiger partial charge in [0.25, 0.3) is 0 Å². The van der Waals surface area contributed by atoms with E-state index >= 15 is 0 Å². The van der Waals surface area contributed by atoms with Crippen molar-refractivity contribution in [2.24, 2.45) is 0 Å². The molecule has 4 rings (SSSR count). The van der Waals surface area contributed by atoms with Crippen molar-refractivity contribution in [3.8, 4) is 11.5 Å². The van der Waals surface area contributed by atoms with Crippen molar-refractivity contribution in [2.45, 2.75) is 40.0 Å². The Morgan fingerprint density at radius 1 is 1.13 bits per heavy atom. The Hall–Kier alpha value is -3.88. The Kier molecular flexibility index (Phi) is 5.57. The lowest BCUT2D eigenvalue weighted by Gasteiger charge is -2.11. The molecule has 4 aromatic rings. The van der Waals surface area contributed by atoms with Gasteiger partial charge in [-0.2, -0.15) is 0 Å². The van der Waals surface area contributed by atoms with Crippen molar-refractivity contribution >= 4 is 11.0 Å². The molecule has 1 N–H and O–H groups in total. The van der Waals surface area contributed by atoms with Gasteiger partial charge in [-0.3, -0.25) is 9.48 Å². The zero-order valence-electron chi connectivity index (χ0n) is 17.2. The van der Waals surface area contributed by atoms with Gasteiger partial charge in [-0.25, -0.2) is 4.79 Å². The van der Waals surface area contributed by atoms with E-state index in [0.29, 0.717) is 35.8 Å². The maximum absolute atomic E-state index is 11.6. The Labute approximate surface area is 177 Å². The molecule has 1 aromatic carbocycles. The number of hydrogen-bond acceptors (Lipinski definition) is 7. The van der Waals surface area contributed by atoms with Crippen molar-refractivity contribution in [1.82, 2.24) is 19.6 Å². The largest absolute Gasteiger partial charge is 0.503 e. The van der Waals surface area contributed by atoms with Gasteiger partial charge in [0.2, 0.25) is 5.43 Å². The van der Waals surface area contributed by atoms with Crippen LogP contribution in [-0.4, -0.2) is 24.7 Å². The summed E-state index contributed by atoms with van der Waals surface area (Å²) < 4.78 is 14.6. The molecule has 0 aliphatic heterocycles. The maximum atomic E-state index is 11.6. The first-order valence-electron chi connectivity index (χ1n) is 9.86. The Bertz CT molecular complexity index is 1350. The quantitative estimate of drug-likeness (QED) is 0.456. The molecule has 0 unspecified atom stereocenters. The summed E-state index contributed by atoms with van der Waals surface area (Å²) >= 11 is 0. The summed E-state index contributed by atoms with van der Waals surface area (Å²) in [7, 11) is 0. The molecular formula is C22H22N4O5. The molecule has 0 bridgehead atoms. The Balaban J connectivity index is 1.34. The van der Waals surface area contributed by atoms with Crippen LogP contribution in [0.15, 0.2) is 56.7 Å². The lowest BCUT2D eigenvalue weighted by molar-refractivity contribution is 0.301.